The van der Waals surface area contributed by atoms with E-state index in [0.717, 1.165) is 22.4 Å². The van der Waals surface area contributed by atoms with Gasteiger partial charge in [0.1, 0.15) is 11.6 Å². The molecule has 162 valence electrons. The molecule has 3 aromatic heterocycles. The number of nitrogens with one attached hydrogen (secondary N) is 1. The zero-order valence-corrected chi connectivity index (χ0v) is 18.7. The molecule has 0 bridgehead atoms. The van der Waals surface area contributed by atoms with E-state index >= 15 is 0 Å². The van der Waals surface area contributed by atoms with E-state index in [-0.39, 0.29) is 6.04 Å². The minimum atomic E-state index is -0.238. The number of halogens is 1. The maximum absolute atomic E-state index is 6.56. The second-order valence-corrected chi connectivity index (χ2v) is 8.22. The first-order chi connectivity index (χ1) is 15.5. The van der Waals surface area contributed by atoms with Crippen LogP contribution in [0.5, 0.6) is 0 Å². The third kappa shape index (κ3) is 3.97. The Morgan fingerprint density at radius 2 is 2.09 bits per heavy atom. The van der Waals surface area contributed by atoms with Crippen LogP contribution in [0.4, 0.5) is 6.01 Å². The molecule has 0 saturated carbocycles. The van der Waals surface area contributed by atoms with Crippen LogP contribution in [0.25, 0.3) is 11.2 Å². The van der Waals surface area contributed by atoms with Crippen molar-refractivity contribution < 1.29 is 4.42 Å². The molecule has 1 atom stereocenters. The standard InChI is InChI=1S/C23H22ClN7O/c1-14-6-7-17(18(24)9-14)20-10-15(2)31(13-16-11-26-30(3)12-16)22(27-20)29-23-28-19-5-4-8-25-21(19)32-23/h4-12,20H,13H2,1-3H3,(H,27,28,29). The Morgan fingerprint density at radius 3 is 2.84 bits per heavy atom. The van der Waals surface area contributed by atoms with Crippen LogP contribution in [0, 0.1) is 6.92 Å². The average molecular weight is 448 g/mol. The molecule has 0 fully saturated rings. The van der Waals surface area contributed by atoms with Crippen molar-refractivity contribution >= 4 is 34.8 Å². The number of nitrogens with zero attached hydrogens (tertiary/aromatic N) is 6. The molecule has 1 aliphatic rings. The molecule has 1 N–H and O–H groups in total. The molecule has 8 nitrogen and oxygen atoms in total. The molecule has 9 heteroatoms. The molecule has 0 amide bonds. The minimum absolute atomic E-state index is 0.238. The molecular weight excluding hydrogens is 426 g/mol. The number of rotatable bonds is 4. The summed E-state index contributed by atoms with van der Waals surface area (Å²) in [4.78, 5) is 15.7. The van der Waals surface area contributed by atoms with Gasteiger partial charge in [-0.05, 0) is 49.2 Å². The number of fused-ring (bicyclic) bond motifs is 1. The number of aryl methyl sites for hydroxylation is 2. The van der Waals surface area contributed by atoms with E-state index in [9.17, 15) is 0 Å². The van der Waals surface area contributed by atoms with Gasteiger partial charge in [0.05, 0.1) is 12.7 Å². The lowest BCUT2D eigenvalue weighted by Gasteiger charge is -2.31. The SMILES string of the molecule is CC1=CC(c2ccc(C)cc2Cl)N=C(Nc2nc3cccnc3o2)N1Cc1cnn(C)c1. The second kappa shape index (κ2) is 8.12. The number of pyridine rings is 1. The fourth-order valence-electron chi connectivity index (χ4n) is 3.71. The number of hydrogen-bond donors (Lipinski definition) is 1. The third-order valence-corrected chi connectivity index (χ3v) is 5.63. The van der Waals surface area contributed by atoms with Crippen LogP contribution in [0.15, 0.2) is 70.1 Å². The molecule has 0 saturated heterocycles. The van der Waals surface area contributed by atoms with Crippen molar-refractivity contribution in [2.45, 2.75) is 26.4 Å². The maximum Gasteiger partial charge on any atom is 0.304 e. The number of aliphatic imine (C=N–C) groups is 1. The van der Waals surface area contributed by atoms with Gasteiger partial charge in [-0.2, -0.15) is 10.1 Å². The summed E-state index contributed by atoms with van der Waals surface area (Å²) in [5.74, 6) is 0.613. The molecule has 0 radical (unpaired) electrons. The molecular formula is C23H22ClN7O. The summed E-state index contributed by atoms with van der Waals surface area (Å²) in [6.45, 7) is 4.66. The molecule has 32 heavy (non-hydrogen) atoms. The van der Waals surface area contributed by atoms with Gasteiger partial charge >= 0.3 is 6.01 Å². The van der Waals surface area contributed by atoms with Crippen LogP contribution in [0.2, 0.25) is 5.02 Å². The molecule has 5 rings (SSSR count). The summed E-state index contributed by atoms with van der Waals surface area (Å²) in [6.07, 6.45) is 7.60. The summed E-state index contributed by atoms with van der Waals surface area (Å²) >= 11 is 6.56. The van der Waals surface area contributed by atoms with Gasteiger partial charge in [0.25, 0.3) is 0 Å². The summed E-state index contributed by atoms with van der Waals surface area (Å²) in [7, 11) is 1.90. The lowest BCUT2D eigenvalue weighted by atomic mass is 10.0. The Balaban J connectivity index is 1.53. The van der Waals surface area contributed by atoms with E-state index in [0.29, 0.717) is 34.8 Å². The summed E-state index contributed by atoms with van der Waals surface area (Å²) in [5.41, 5.74) is 5.28. The highest BCUT2D eigenvalue weighted by atomic mass is 35.5. The van der Waals surface area contributed by atoms with Gasteiger partial charge < -0.3 is 9.32 Å². The molecule has 0 spiro atoms. The average Bonchev–Trinajstić information content (AvgIpc) is 3.35. The van der Waals surface area contributed by atoms with Crippen molar-refractivity contribution in [1.29, 1.82) is 0 Å². The summed E-state index contributed by atoms with van der Waals surface area (Å²) in [5, 5.41) is 8.23. The van der Waals surface area contributed by atoms with E-state index in [1.807, 2.05) is 56.7 Å². The highest BCUT2D eigenvalue weighted by molar-refractivity contribution is 6.31. The molecule has 4 aromatic rings. The van der Waals surface area contributed by atoms with Crippen LogP contribution in [0.1, 0.15) is 29.7 Å². The van der Waals surface area contributed by atoms with E-state index in [1.165, 1.54) is 0 Å². The Kier molecular flexibility index (Phi) is 5.14. The highest BCUT2D eigenvalue weighted by Crippen LogP contribution is 2.33. The first kappa shape index (κ1) is 20.3. The van der Waals surface area contributed by atoms with Gasteiger partial charge in [-0.25, -0.2) is 9.98 Å². The first-order valence-electron chi connectivity index (χ1n) is 10.2. The minimum Gasteiger partial charge on any atom is -0.404 e. The van der Waals surface area contributed by atoms with Gasteiger partial charge in [-0.3, -0.25) is 10.00 Å². The highest BCUT2D eigenvalue weighted by Gasteiger charge is 2.25. The smallest absolute Gasteiger partial charge is 0.304 e. The van der Waals surface area contributed by atoms with Crippen LogP contribution in [-0.4, -0.2) is 30.6 Å². The van der Waals surface area contributed by atoms with Crippen LogP contribution >= 0.6 is 11.6 Å². The zero-order chi connectivity index (χ0) is 22.2. The third-order valence-electron chi connectivity index (χ3n) is 5.30. The number of aromatic nitrogens is 4. The van der Waals surface area contributed by atoms with Crippen molar-refractivity contribution in [3.8, 4) is 0 Å². The predicted octanol–water partition coefficient (Wildman–Crippen LogP) is 4.85. The zero-order valence-electron chi connectivity index (χ0n) is 18.0. The van der Waals surface area contributed by atoms with Gasteiger partial charge in [-0.15, -0.1) is 0 Å². The predicted molar refractivity (Wildman–Crippen MR) is 124 cm³/mol. The largest absolute Gasteiger partial charge is 0.404 e. The van der Waals surface area contributed by atoms with E-state index in [4.69, 9.17) is 21.0 Å². The molecule has 1 aliphatic heterocycles. The molecule has 0 aliphatic carbocycles. The molecule has 1 aromatic carbocycles. The maximum atomic E-state index is 6.56. The molecule has 1 unspecified atom stereocenters. The fraction of sp³-hybridized carbons (Fsp3) is 0.217. The quantitative estimate of drug-likeness (QED) is 0.481. The van der Waals surface area contributed by atoms with Gasteiger partial charge in [0.2, 0.25) is 11.7 Å². The Labute approximate surface area is 190 Å². The normalized spacial score (nSPS) is 16.2. The second-order valence-electron chi connectivity index (χ2n) is 7.81. The Bertz CT molecular complexity index is 1320. The van der Waals surface area contributed by atoms with Crippen molar-refractivity contribution in [2.24, 2.45) is 12.0 Å². The summed E-state index contributed by atoms with van der Waals surface area (Å²) in [6, 6.07) is 9.79. The number of allylic oxidation sites excluding steroid dienone is 1. The number of oxazole rings is 1. The van der Waals surface area contributed by atoms with E-state index in [1.54, 1.807) is 10.9 Å². The Hall–Kier alpha value is -3.65. The number of anilines is 1. The monoisotopic (exact) mass is 447 g/mol. The topological polar surface area (TPSA) is 84.4 Å². The fourth-order valence-corrected chi connectivity index (χ4v) is 4.06. The molecule has 4 heterocycles. The lowest BCUT2D eigenvalue weighted by Crippen LogP contribution is -2.37. The Morgan fingerprint density at radius 1 is 1.22 bits per heavy atom. The number of benzene rings is 1. The first-order valence-corrected chi connectivity index (χ1v) is 10.6. The van der Waals surface area contributed by atoms with Crippen LogP contribution in [-0.2, 0) is 13.6 Å². The van der Waals surface area contributed by atoms with Gasteiger partial charge in [-0.1, -0.05) is 23.7 Å². The lowest BCUT2D eigenvalue weighted by molar-refractivity contribution is 0.482. The van der Waals surface area contributed by atoms with Gasteiger partial charge in [0.15, 0.2) is 0 Å². The van der Waals surface area contributed by atoms with Crippen LogP contribution in [0.3, 0.4) is 0 Å². The van der Waals surface area contributed by atoms with Crippen molar-refractivity contribution in [3.05, 3.63) is 82.4 Å². The van der Waals surface area contributed by atoms with Gasteiger partial charge in [0, 0.05) is 35.7 Å². The van der Waals surface area contributed by atoms with Crippen molar-refractivity contribution in [1.82, 2.24) is 24.6 Å². The van der Waals surface area contributed by atoms with Crippen molar-refractivity contribution in [3.63, 3.8) is 0 Å². The van der Waals surface area contributed by atoms with E-state index < -0.39 is 0 Å². The van der Waals surface area contributed by atoms with E-state index in [2.05, 4.69) is 38.3 Å². The van der Waals surface area contributed by atoms with Crippen LogP contribution < -0.4 is 5.32 Å². The van der Waals surface area contributed by atoms with Crippen molar-refractivity contribution in [2.75, 3.05) is 5.32 Å². The summed E-state index contributed by atoms with van der Waals surface area (Å²) < 4.78 is 7.57. The number of hydrogen-bond acceptors (Lipinski definition) is 7. The number of guanidine groups is 1.